The van der Waals surface area contributed by atoms with Crippen molar-refractivity contribution in [1.82, 2.24) is 0 Å². The molecule has 0 heterocycles. The van der Waals surface area contributed by atoms with Crippen molar-refractivity contribution in [3.8, 4) is 0 Å². The van der Waals surface area contributed by atoms with Gasteiger partial charge in [-0.2, -0.15) is 0 Å². The molecule has 0 radical (unpaired) electrons. The Balaban J connectivity index is 1.89. The Bertz CT molecular complexity index is 699. The van der Waals surface area contributed by atoms with Crippen LogP contribution >= 0.6 is 11.8 Å². The van der Waals surface area contributed by atoms with E-state index in [2.05, 4.69) is 56.4 Å². The summed E-state index contributed by atoms with van der Waals surface area (Å²) in [6.07, 6.45) is 0.518. The van der Waals surface area contributed by atoms with E-state index in [0.29, 0.717) is 6.42 Å². The lowest BCUT2D eigenvalue weighted by atomic mass is 10.1. The minimum atomic E-state index is 0.0800. The van der Waals surface area contributed by atoms with Crippen molar-refractivity contribution in [2.75, 3.05) is 11.1 Å². The van der Waals surface area contributed by atoms with Crippen LogP contribution in [0.15, 0.2) is 35.2 Å². The van der Waals surface area contributed by atoms with E-state index in [9.17, 15) is 4.79 Å². The first-order chi connectivity index (χ1) is 10.9. The van der Waals surface area contributed by atoms with Crippen molar-refractivity contribution in [3.63, 3.8) is 0 Å². The molecule has 2 aromatic carbocycles. The Morgan fingerprint density at radius 3 is 2.17 bits per heavy atom. The summed E-state index contributed by atoms with van der Waals surface area (Å²) in [6.45, 7) is 10.4. The maximum atomic E-state index is 12.2. The first-order valence-corrected chi connectivity index (χ1v) is 8.93. The fraction of sp³-hybridized carbons (Fsp3) is 0.350. The molecule has 0 saturated heterocycles. The van der Waals surface area contributed by atoms with Crippen LogP contribution in [0.4, 0.5) is 5.69 Å². The van der Waals surface area contributed by atoms with Crippen LogP contribution in [0.2, 0.25) is 0 Å². The summed E-state index contributed by atoms with van der Waals surface area (Å²) in [5, 5.41) is 3.06. The first kappa shape index (κ1) is 17.6. The second-order valence-corrected chi connectivity index (χ2v) is 7.33. The molecule has 1 N–H and O–H groups in total. The van der Waals surface area contributed by atoms with Crippen molar-refractivity contribution in [1.29, 1.82) is 0 Å². The second-order valence-electron chi connectivity index (χ2n) is 6.17. The topological polar surface area (TPSA) is 29.1 Å². The van der Waals surface area contributed by atoms with E-state index in [1.165, 1.54) is 21.6 Å². The fourth-order valence-corrected chi connectivity index (χ4v) is 3.59. The van der Waals surface area contributed by atoms with Gasteiger partial charge >= 0.3 is 0 Å². The van der Waals surface area contributed by atoms with Crippen molar-refractivity contribution in [3.05, 3.63) is 58.1 Å². The number of rotatable bonds is 5. The molecule has 2 aromatic rings. The maximum absolute atomic E-state index is 12.2. The highest BCUT2D eigenvalue weighted by Crippen LogP contribution is 2.24. The van der Waals surface area contributed by atoms with E-state index in [-0.39, 0.29) is 5.91 Å². The molecule has 0 aliphatic heterocycles. The number of carbonyl (C=O) groups excluding carboxylic acids is 1. The lowest BCUT2D eigenvalue weighted by Crippen LogP contribution is -2.14. The van der Waals surface area contributed by atoms with Gasteiger partial charge in [-0.15, -0.1) is 11.8 Å². The van der Waals surface area contributed by atoms with Crippen LogP contribution < -0.4 is 5.32 Å². The normalized spacial score (nSPS) is 10.7. The summed E-state index contributed by atoms with van der Waals surface area (Å²) in [4.78, 5) is 13.4. The first-order valence-electron chi connectivity index (χ1n) is 7.94. The zero-order valence-corrected chi connectivity index (χ0v) is 15.4. The van der Waals surface area contributed by atoms with Gasteiger partial charge < -0.3 is 5.32 Å². The number of carbonyl (C=O) groups is 1. The quantitative estimate of drug-likeness (QED) is 0.750. The number of nitrogens with one attached hydrogen (secondary N) is 1. The van der Waals surface area contributed by atoms with Crippen LogP contribution in [0.5, 0.6) is 0 Å². The molecule has 1 amide bonds. The second kappa shape index (κ2) is 7.69. The average Bonchev–Trinajstić information content (AvgIpc) is 2.46. The third-order valence-corrected chi connectivity index (χ3v) is 5.01. The summed E-state index contributed by atoms with van der Waals surface area (Å²) in [6, 6.07) is 10.7. The van der Waals surface area contributed by atoms with Gasteiger partial charge in [-0.05, 0) is 69.0 Å². The number of benzene rings is 2. The highest BCUT2D eigenvalue weighted by molar-refractivity contribution is 7.99. The van der Waals surface area contributed by atoms with Gasteiger partial charge in [-0.1, -0.05) is 23.8 Å². The lowest BCUT2D eigenvalue weighted by Gasteiger charge is -2.13. The van der Waals surface area contributed by atoms with Crippen molar-refractivity contribution in [2.45, 2.75) is 45.9 Å². The average molecular weight is 327 g/mol. The molecule has 0 saturated carbocycles. The molecule has 2 nitrogen and oxygen atoms in total. The zero-order chi connectivity index (χ0) is 17.0. The third-order valence-electron chi connectivity index (χ3n) is 4.02. The SMILES string of the molecule is Cc1cc(C)c(NC(=O)CCSc2ccc(C)c(C)c2)c(C)c1. The third kappa shape index (κ3) is 4.87. The Morgan fingerprint density at radius 2 is 1.57 bits per heavy atom. The molecular formula is C20H25NOS. The highest BCUT2D eigenvalue weighted by Gasteiger charge is 2.08. The van der Waals surface area contributed by atoms with Crippen molar-refractivity contribution >= 4 is 23.4 Å². The van der Waals surface area contributed by atoms with Gasteiger partial charge in [0.2, 0.25) is 5.91 Å². The van der Waals surface area contributed by atoms with E-state index in [1.54, 1.807) is 11.8 Å². The molecule has 2 rings (SSSR count). The predicted molar refractivity (Wildman–Crippen MR) is 101 cm³/mol. The van der Waals surface area contributed by atoms with E-state index >= 15 is 0 Å². The van der Waals surface area contributed by atoms with E-state index in [4.69, 9.17) is 0 Å². The van der Waals surface area contributed by atoms with Crippen LogP contribution in [0, 0.1) is 34.6 Å². The number of hydrogen-bond donors (Lipinski definition) is 1. The molecule has 23 heavy (non-hydrogen) atoms. The van der Waals surface area contributed by atoms with Gasteiger partial charge in [-0.3, -0.25) is 4.79 Å². The van der Waals surface area contributed by atoms with Crippen LogP contribution in [-0.4, -0.2) is 11.7 Å². The summed E-state index contributed by atoms with van der Waals surface area (Å²) in [5.74, 6) is 0.870. The molecule has 122 valence electrons. The number of thioether (sulfide) groups is 1. The molecule has 0 unspecified atom stereocenters. The Hall–Kier alpha value is -1.74. The van der Waals surface area contributed by atoms with Gasteiger partial charge in [0.1, 0.15) is 0 Å². The van der Waals surface area contributed by atoms with E-state index in [0.717, 1.165) is 22.6 Å². The summed E-state index contributed by atoms with van der Waals surface area (Å²) >= 11 is 1.73. The largest absolute Gasteiger partial charge is 0.326 e. The monoisotopic (exact) mass is 327 g/mol. The lowest BCUT2D eigenvalue weighted by molar-refractivity contribution is -0.115. The van der Waals surface area contributed by atoms with Crippen LogP contribution in [0.3, 0.4) is 0 Å². The Kier molecular flexibility index (Phi) is 5.89. The molecule has 0 fully saturated rings. The molecule has 0 aromatic heterocycles. The molecular weight excluding hydrogens is 302 g/mol. The zero-order valence-electron chi connectivity index (χ0n) is 14.6. The van der Waals surface area contributed by atoms with Crippen LogP contribution in [0.25, 0.3) is 0 Å². The molecule has 3 heteroatoms. The van der Waals surface area contributed by atoms with Gasteiger partial charge in [0.15, 0.2) is 0 Å². The summed E-state index contributed by atoms with van der Waals surface area (Å²) in [7, 11) is 0. The molecule has 0 bridgehead atoms. The highest BCUT2D eigenvalue weighted by atomic mass is 32.2. The molecule has 0 aliphatic rings. The molecule has 0 atom stereocenters. The minimum Gasteiger partial charge on any atom is -0.326 e. The minimum absolute atomic E-state index is 0.0800. The molecule has 0 aliphatic carbocycles. The van der Waals surface area contributed by atoms with E-state index < -0.39 is 0 Å². The fourth-order valence-electron chi connectivity index (χ4n) is 2.64. The van der Waals surface area contributed by atoms with Crippen molar-refractivity contribution in [2.24, 2.45) is 0 Å². The van der Waals surface area contributed by atoms with Gasteiger partial charge in [0.25, 0.3) is 0 Å². The maximum Gasteiger partial charge on any atom is 0.225 e. The number of aryl methyl sites for hydroxylation is 5. The van der Waals surface area contributed by atoms with Gasteiger partial charge in [-0.25, -0.2) is 0 Å². The van der Waals surface area contributed by atoms with E-state index in [1.807, 2.05) is 13.8 Å². The van der Waals surface area contributed by atoms with Gasteiger partial charge in [0, 0.05) is 22.8 Å². The van der Waals surface area contributed by atoms with Gasteiger partial charge in [0.05, 0.1) is 0 Å². The number of amides is 1. The number of anilines is 1. The van der Waals surface area contributed by atoms with Crippen LogP contribution in [-0.2, 0) is 4.79 Å². The summed E-state index contributed by atoms with van der Waals surface area (Å²) < 4.78 is 0. The standard InChI is InChI=1S/C20H25NOS/c1-13-10-16(4)20(17(5)11-13)21-19(22)8-9-23-18-7-6-14(2)15(3)12-18/h6-7,10-12H,8-9H2,1-5H3,(H,21,22). The smallest absolute Gasteiger partial charge is 0.225 e. The van der Waals surface area contributed by atoms with Crippen molar-refractivity contribution < 1.29 is 4.79 Å². The molecule has 0 spiro atoms. The van der Waals surface area contributed by atoms with Crippen LogP contribution in [0.1, 0.15) is 34.2 Å². The Morgan fingerprint density at radius 1 is 0.913 bits per heavy atom. The number of hydrogen-bond acceptors (Lipinski definition) is 2. The summed E-state index contributed by atoms with van der Waals surface area (Å²) in [5.41, 5.74) is 7.03. The Labute approximate surface area is 143 Å². The predicted octanol–water partition coefficient (Wildman–Crippen LogP) is 5.35.